The molecule has 32 heavy (non-hydrogen) atoms. The Morgan fingerprint density at radius 3 is 2.56 bits per heavy atom. The minimum absolute atomic E-state index is 0.00797. The molecule has 172 valence electrons. The van der Waals surface area contributed by atoms with E-state index in [1.165, 1.54) is 6.07 Å². The molecule has 1 aromatic carbocycles. The summed E-state index contributed by atoms with van der Waals surface area (Å²) in [7, 11) is 0. The number of carboxylic acids is 1. The van der Waals surface area contributed by atoms with E-state index < -0.39 is 5.97 Å². The molecule has 1 saturated heterocycles. The number of carboxylic acid groups (broad SMARTS) is 1. The summed E-state index contributed by atoms with van der Waals surface area (Å²) in [4.78, 5) is 29.4. The molecule has 0 radical (unpaired) electrons. The number of nitrogens with one attached hydrogen (secondary N) is 1. The maximum absolute atomic E-state index is 13.5. The van der Waals surface area contributed by atoms with Gasteiger partial charge < -0.3 is 15.3 Å². The zero-order chi connectivity index (χ0) is 22.3. The SMILES string of the molecule is O=C(O)C1=C(NC(=O)[C@@H]2CC[C@H](N3CCN(c4cccc(F)c4)CC3)C2)CCC2(CC2)C1. The van der Waals surface area contributed by atoms with Gasteiger partial charge in [0.15, 0.2) is 0 Å². The Kier molecular flexibility index (Phi) is 5.70. The average molecular weight is 442 g/mol. The van der Waals surface area contributed by atoms with Crippen LogP contribution >= 0.6 is 0 Å². The lowest BCUT2D eigenvalue weighted by molar-refractivity contribution is -0.133. The first-order valence-corrected chi connectivity index (χ1v) is 11.9. The third-order valence-corrected chi connectivity index (χ3v) is 8.09. The maximum Gasteiger partial charge on any atom is 0.333 e. The van der Waals surface area contributed by atoms with Crippen LogP contribution in [0.1, 0.15) is 51.4 Å². The minimum atomic E-state index is -0.883. The molecule has 0 unspecified atom stereocenters. The number of anilines is 1. The number of hydrogen-bond donors (Lipinski definition) is 2. The van der Waals surface area contributed by atoms with E-state index in [1.807, 2.05) is 6.07 Å². The molecule has 2 saturated carbocycles. The van der Waals surface area contributed by atoms with Crippen molar-refractivity contribution < 1.29 is 19.1 Å². The van der Waals surface area contributed by atoms with Crippen LogP contribution in [0, 0.1) is 17.2 Å². The van der Waals surface area contributed by atoms with E-state index in [9.17, 15) is 19.1 Å². The van der Waals surface area contributed by atoms with Crippen molar-refractivity contribution in [3.63, 3.8) is 0 Å². The molecule has 1 spiro atoms. The number of amides is 1. The Morgan fingerprint density at radius 1 is 1.09 bits per heavy atom. The van der Waals surface area contributed by atoms with Crippen LogP contribution in [0.3, 0.4) is 0 Å². The van der Waals surface area contributed by atoms with E-state index in [0.717, 1.165) is 70.4 Å². The van der Waals surface area contributed by atoms with Crippen LogP contribution in [-0.4, -0.2) is 54.1 Å². The predicted octanol–water partition coefficient (Wildman–Crippen LogP) is 3.54. The second-order valence-electron chi connectivity index (χ2n) is 10.1. The zero-order valence-corrected chi connectivity index (χ0v) is 18.5. The smallest absolute Gasteiger partial charge is 0.333 e. The van der Waals surface area contributed by atoms with Crippen molar-refractivity contribution in [3.8, 4) is 0 Å². The van der Waals surface area contributed by atoms with Gasteiger partial charge in [0.2, 0.25) is 5.91 Å². The third-order valence-electron chi connectivity index (χ3n) is 8.09. The average Bonchev–Trinajstić information content (AvgIpc) is 3.35. The lowest BCUT2D eigenvalue weighted by atomic mass is 9.84. The van der Waals surface area contributed by atoms with E-state index in [4.69, 9.17) is 0 Å². The quantitative estimate of drug-likeness (QED) is 0.731. The Labute approximate surface area is 188 Å². The number of halogens is 1. The largest absolute Gasteiger partial charge is 0.478 e. The van der Waals surface area contributed by atoms with E-state index in [-0.39, 0.29) is 23.1 Å². The van der Waals surface area contributed by atoms with Crippen molar-refractivity contribution in [1.29, 1.82) is 0 Å². The number of aliphatic carboxylic acids is 1. The number of benzene rings is 1. The number of carbonyl (C=O) groups is 2. The molecular formula is C25H32FN3O3. The summed E-state index contributed by atoms with van der Waals surface area (Å²) in [6, 6.07) is 7.14. The lowest BCUT2D eigenvalue weighted by Crippen LogP contribution is -2.50. The molecule has 1 amide bonds. The third kappa shape index (κ3) is 4.40. The topological polar surface area (TPSA) is 72.9 Å². The molecule has 5 rings (SSSR count). The highest BCUT2D eigenvalue weighted by Gasteiger charge is 2.47. The molecule has 4 aliphatic rings. The fourth-order valence-corrected chi connectivity index (χ4v) is 5.85. The van der Waals surface area contributed by atoms with Gasteiger partial charge in [-0.25, -0.2) is 9.18 Å². The van der Waals surface area contributed by atoms with E-state index in [1.54, 1.807) is 12.1 Å². The van der Waals surface area contributed by atoms with Crippen LogP contribution < -0.4 is 10.2 Å². The summed E-state index contributed by atoms with van der Waals surface area (Å²) in [5.41, 5.74) is 2.20. The van der Waals surface area contributed by atoms with Gasteiger partial charge >= 0.3 is 5.97 Å². The molecule has 1 heterocycles. The summed E-state index contributed by atoms with van der Waals surface area (Å²) in [6.07, 6.45) is 7.15. The summed E-state index contributed by atoms with van der Waals surface area (Å²) in [5, 5.41) is 12.7. The first-order chi connectivity index (χ1) is 15.4. The van der Waals surface area contributed by atoms with Crippen molar-refractivity contribution >= 4 is 17.6 Å². The lowest BCUT2D eigenvalue weighted by Gasteiger charge is -2.39. The molecule has 2 N–H and O–H groups in total. The van der Waals surface area contributed by atoms with Crippen molar-refractivity contribution in [2.75, 3.05) is 31.1 Å². The standard InChI is InChI=1S/C25H32FN3O3/c26-18-2-1-3-19(15-18)28-10-12-29(13-11-28)20-5-4-17(14-20)23(30)27-22-6-7-25(8-9-25)16-21(22)24(31)32/h1-3,15,17,20H,4-14,16H2,(H,27,30)(H,31,32)/t17-,20+/m1/s1. The van der Waals surface area contributed by atoms with Crippen molar-refractivity contribution in [2.45, 2.75) is 57.4 Å². The van der Waals surface area contributed by atoms with Gasteiger partial charge in [-0.15, -0.1) is 0 Å². The normalized spacial score (nSPS) is 27.6. The molecule has 6 nitrogen and oxygen atoms in total. The number of piperazine rings is 1. The molecule has 2 atom stereocenters. The summed E-state index contributed by atoms with van der Waals surface area (Å²) in [5.74, 6) is -1.15. The van der Waals surface area contributed by atoms with Crippen LogP contribution in [0.15, 0.2) is 35.5 Å². The molecule has 0 bridgehead atoms. The van der Waals surface area contributed by atoms with Gasteiger partial charge in [-0.2, -0.15) is 0 Å². The number of nitrogens with zero attached hydrogens (tertiary/aromatic N) is 2. The second-order valence-corrected chi connectivity index (χ2v) is 10.1. The van der Waals surface area contributed by atoms with Gasteiger partial charge in [-0.1, -0.05) is 6.07 Å². The van der Waals surface area contributed by atoms with Crippen LogP contribution in [0.2, 0.25) is 0 Å². The fourth-order valence-electron chi connectivity index (χ4n) is 5.85. The van der Waals surface area contributed by atoms with Crippen LogP contribution in [-0.2, 0) is 9.59 Å². The first kappa shape index (κ1) is 21.4. The number of rotatable bonds is 5. The molecule has 0 aromatic heterocycles. The molecule has 7 heteroatoms. The summed E-state index contributed by atoms with van der Waals surface area (Å²) >= 11 is 0. The Morgan fingerprint density at radius 2 is 1.88 bits per heavy atom. The highest BCUT2D eigenvalue weighted by Crippen LogP contribution is 2.57. The molecular weight excluding hydrogens is 409 g/mol. The number of hydrogen-bond acceptors (Lipinski definition) is 4. The maximum atomic E-state index is 13.5. The molecule has 3 fully saturated rings. The van der Waals surface area contributed by atoms with E-state index >= 15 is 0 Å². The molecule has 1 aromatic rings. The van der Waals surface area contributed by atoms with Crippen LogP contribution in [0.25, 0.3) is 0 Å². The highest BCUT2D eigenvalue weighted by atomic mass is 19.1. The molecule has 3 aliphatic carbocycles. The fraction of sp³-hybridized carbons (Fsp3) is 0.600. The van der Waals surface area contributed by atoms with Crippen molar-refractivity contribution in [1.82, 2.24) is 10.2 Å². The van der Waals surface area contributed by atoms with Gasteiger partial charge in [0.25, 0.3) is 0 Å². The zero-order valence-electron chi connectivity index (χ0n) is 18.5. The monoisotopic (exact) mass is 441 g/mol. The number of carbonyl (C=O) groups excluding carboxylic acids is 1. The van der Waals surface area contributed by atoms with E-state index in [2.05, 4.69) is 15.1 Å². The Bertz CT molecular complexity index is 934. The highest BCUT2D eigenvalue weighted by molar-refractivity contribution is 5.90. The second kappa shape index (κ2) is 8.50. The Hall–Kier alpha value is -2.41. The Balaban J connectivity index is 1.15. The van der Waals surface area contributed by atoms with Gasteiger partial charge in [0, 0.05) is 49.5 Å². The van der Waals surface area contributed by atoms with Crippen molar-refractivity contribution in [2.24, 2.45) is 11.3 Å². The summed E-state index contributed by atoms with van der Waals surface area (Å²) in [6.45, 7) is 3.53. The van der Waals surface area contributed by atoms with Gasteiger partial charge in [0.1, 0.15) is 5.82 Å². The van der Waals surface area contributed by atoms with Gasteiger partial charge in [-0.3, -0.25) is 9.69 Å². The first-order valence-electron chi connectivity index (χ1n) is 11.9. The predicted molar refractivity (Wildman–Crippen MR) is 120 cm³/mol. The number of allylic oxidation sites excluding steroid dienone is 1. The van der Waals surface area contributed by atoms with Crippen LogP contribution in [0.5, 0.6) is 0 Å². The van der Waals surface area contributed by atoms with Crippen LogP contribution in [0.4, 0.5) is 10.1 Å². The van der Waals surface area contributed by atoms with Gasteiger partial charge in [-0.05, 0) is 75.0 Å². The van der Waals surface area contributed by atoms with Crippen molar-refractivity contribution in [3.05, 3.63) is 41.4 Å². The van der Waals surface area contributed by atoms with E-state index in [0.29, 0.717) is 30.2 Å². The molecule has 1 aliphatic heterocycles. The van der Waals surface area contributed by atoms with Gasteiger partial charge in [0.05, 0.1) is 5.57 Å². The summed E-state index contributed by atoms with van der Waals surface area (Å²) < 4.78 is 13.5. The minimum Gasteiger partial charge on any atom is -0.478 e.